The summed E-state index contributed by atoms with van der Waals surface area (Å²) in [5, 5.41) is 0. The van der Waals surface area contributed by atoms with E-state index in [4.69, 9.17) is 14.7 Å². The lowest BCUT2D eigenvalue weighted by molar-refractivity contribution is 0.298. The first-order valence-corrected chi connectivity index (χ1v) is 11.6. The SMILES string of the molecule is CC(C)c1nc2c([nH]1)CCc1cc(-c3ccc4c(c3)OCc3[nH]c(C(C)C)nc3-4)ccc1-2. The second kappa shape index (κ2) is 7.09. The van der Waals surface area contributed by atoms with Crippen LogP contribution in [0.25, 0.3) is 33.6 Å². The molecule has 5 heteroatoms. The molecule has 0 saturated heterocycles. The molecule has 0 unspecified atom stereocenters. The van der Waals surface area contributed by atoms with Gasteiger partial charge in [-0.15, -0.1) is 0 Å². The fourth-order valence-electron chi connectivity index (χ4n) is 4.77. The van der Waals surface area contributed by atoms with E-state index in [2.05, 4.69) is 74.1 Å². The number of nitrogens with one attached hydrogen (secondary N) is 2. The maximum Gasteiger partial charge on any atom is 0.130 e. The third-order valence-electron chi connectivity index (χ3n) is 6.63. The minimum Gasteiger partial charge on any atom is -0.487 e. The topological polar surface area (TPSA) is 66.6 Å². The van der Waals surface area contributed by atoms with Gasteiger partial charge in [-0.25, -0.2) is 9.97 Å². The number of ether oxygens (including phenoxy) is 1. The number of aromatic nitrogens is 4. The Morgan fingerprint density at radius 3 is 2.09 bits per heavy atom. The number of imidazole rings is 2. The van der Waals surface area contributed by atoms with Gasteiger partial charge in [-0.1, -0.05) is 52.0 Å². The highest BCUT2D eigenvalue weighted by Gasteiger charge is 2.24. The zero-order valence-corrected chi connectivity index (χ0v) is 19.0. The minimum atomic E-state index is 0.366. The average Bonchev–Trinajstić information content (AvgIpc) is 3.43. The number of aromatic amines is 2. The summed E-state index contributed by atoms with van der Waals surface area (Å²) in [6.07, 6.45) is 2.05. The van der Waals surface area contributed by atoms with Gasteiger partial charge in [-0.05, 0) is 41.7 Å². The van der Waals surface area contributed by atoms with Crippen LogP contribution in [0.2, 0.25) is 0 Å². The molecule has 0 spiro atoms. The molecule has 0 radical (unpaired) electrons. The maximum absolute atomic E-state index is 6.10. The molecule has 2 N–H and O–H groups in total. The van der Waals surface area contributed by atoms with Crippen LogP contribution in [0.3, 0.4) is 0 Å². The molecule has 2 aromatic carbocycles. The monoisotopic (exact) mass is 424 g/mol. The molecule has 32 heavy (non-hydrogen) atoms. The van der Waals surface area contributed by atoms with E-state index < -0.39 is 0 Å². The lowest BCUT2D eigenvalue weighted by Gasteiger charge is -2.19. The Bertz CT molecular complexity index is 1240. The molecular weight excluding hydrogens is 396 g/mol. The number of hydrogen-bond acceptors (Lipinski definition) is 3. The summed E-state index contributed by atoms with van der Waals surface area (Å²) >= 11 is 0. The Hall–Kier alpha value is -3.34. The summed E-state index contributed by atoms with van der Waals surface area (Å²) in [5.41, 5.74) is 10.6. The highest BCUT2D eigenvalue weighted by molar-refractivity contribution is 5.79. The number of rotatable bonds is 3. The van der Waals surface area contributed by atoms with Crippen molar-refractivity contribution in [3.05, 3.63) is 65.0 Å². The third-order valence-corrected chi connectivity index (χ3v) is 6.63. The molecule has 0 amide bonds. The normalized spacial score (nSPS) is 14.1. The number of H-pyrrole nitrogens is 2. The van der Waals surface area contributed by atoms with Gasteiger partial charge in [0.2, 0.25) is 0 Å². The molecule has 1 aliphatic carbocycles. The number of hydrogen-bond donors (Lipinski definition) is 2. The van der Waals surface area contributed by atoms with Gasteiger partial charge in [-0.3, -0.25) is 0 Å². The van der Waals surface area contributed by atoms with Crippen molar-refractivity contribution in [2.45, 2.75) is 59.0 Å². The summed E-state index contributed by atoms with van der Waals surface area (Å²) in [5.74, 6) is 3.78. The number of fused-ring (bicyclic) bond motifs is 6. The molecule has 0 bridgehead atoms. The fraction of sp³-hybridized carbons (Fsp3) is 0.333. The maximum atomic E-state index is 6.10. The van der Waals surface area contributed by atoms with E-state index in [9.17, 15) is 0 Å². The lowest BCUT2D eigenvalue weighted by atomic mass is 9.89. The standard InChI is InChI=1S/C27H28N4O/c1-14(2)26-28-21-10-7-18-11-16(5-8-19(18)24(21)30-26)17-6-9-20-23(12-17)32-13-22-25(20)31-27(29-22)15(3)4/h5-6,8-9,11-12,14-15H,7,10,13H2,1-4H3,(H,28,30)(H,29,31). The molecule has 1 aliphatic heterocycles. The van der Waals surface area contributed by atoms with Crippen LogP contribution in [0.15, 0.2) is 36.4 Å². The Labute approximate surface area is 188 Å². The van der Waals surface area contributed by atoms with Crippen LogP contribution in [0.4, 0.5) is 0 Å². The average molecular weight is 425 g/mol. The van der Waals surface area contributed by atoms with E-state index in [1.54, 1.807) is 0 Å². The highest BCUT2D eigenvalue weighted by Crippen LogP contribution is 2.41. The van der Waals surface area contributed by atoms with E-state index in [-0.39, 0.29) is 0 Å². The van der Waals surface area contributed by atoms with Crippen LogP contribution in [0.1, 0.15) is 68.1 Å². The van der Waals surface area contributed by atoms with E-state index >= 15 is 0 Å². The van der Waals surface area contributed by atoms with Crippen LogP contribution in [0, 0.1) is 0 Å². The Balaban J connectivity index is 1.36. The lowest BCUT2D eigenvalue weighted by Crippen LogP contribution is -2.05. The first-order chi connectivity index (χ1) is 15.5. The van der Waals surface area contributed by atoms with Gasteiger partial charge < -0.3 is 14.7 Å². The summed E-state index contributed by atoms with van der Waals surface area (Å²) in [4.78, 5) is 16.7. The number of benzene rings is 2. The largest absolute Gasteiger partial charge is 0.487 e. The Morgan fingerprint density at radius 1 is 0.750 bits per heavy atom. The van der Waals surface area contributed by atoms with Crippen molar-refractivity contribution in [3.8, 4) is 39.4 Å². The molecule has 2 aliphatic rings. The van der Waals surface area contributed by atoms with Crippen LogP contribution in [0.5, 0.6) is 5.75 Å². The molecule has 0 atom stereocenters. The van der Waals surface area contributed by atoms with Gasteiger partial charge in [0.15, 0.2) is 0 Å². The van der Waals surface area contributed by atoms with Crippen molar-refractivity contribution in [1.82, 2.24) is 19.9 Å². The van der Waals surface area contributed by atoms with E-state index in [0.717, 1.165) is 52.9 Å². The molecule has 0 fully saturated rings. The van der Waals surface area contributed by atoms with E-state index in [1.807, 2.05) is 0 Å². The van der Waals surface area contributed by atoms with E-state index in [0.29, 0.717) is 18.4 Å². The Morgan fingerprint density at radius 2 is 1.38 bits per heavy atom. The molecular formula is C27H28N4O. The van der Waals surface area contributed by atoms with Crippen molar-refractivity contribution in [1.29, 1.82) is 0 Å². The van der Waals surface area contributed by atoms with Crippen molar-refractivity contribution in [2.24, 2.45) is 0 Å². The minimum absolute atomic E-state index is 0.366. The van der Waals surface area contributed by atoms with Crippen molar-refractivity contribution < 1.29 is 4.74 Å². The van der Waals surface area contributed by atoms with Gasteiger partial charge >= 0.3 is 0 Å². The summed E-state index contributed by atoms with van der Waals surface area (Å²) in [7, 11) is 0. The Kier molecular flexibility index (Phi) is 4.29. The zero-order chi connectivity index (χ0) is 22.0. The number of nitrogens with zero attached hydrogens (tertiary/aromatic N) is 2. The quantitative estimate of drug-likeness (QED) is 0.401. The first kappa shape index (κ1) is 19.4. The van der Waals surface area contributed by atoms with Crippen LogP contribution in [-0.2, 0) is 19.4 Å². The van der Waals surface area contributed by atoms with Gasteiger partial charge in [-0.2, -0.15) is 0 Å². The predicted molar refractivity (Wildman–Crippen MR) is 127 cm³/mol. The van der Waals surface area contributed by atoms with Crippen molar-refractivity contribution >= 4 is 0 Å². The fourth-order valence-corrected chi connectivity index (χ4v) is 4.77. The van der Waals surface area contributed by atoms with Gasteiger partial charge in [0, 0.05) is 28.7 Å². The van der Waals surface area contributed by atoms with Crippen molar-refractivity contribution in [2.75, 3.05) is 0 Å². The second-order valence-electron chi connectivity index (χ2n) is 9.58. The van der Waals surface area contributed by atoms with Crippen molar-refractivity contribution in [3.63, 3.8) is 0 Å². The van der Waals surface area contributed by atoms with E-state index in [1.165, 1.54) is 27.9 Å². The third kappa shape index (κ3) is 2.99. The second-order valence-corrected chi connectivity index (χ2v) is 9.58. The molecule has 4 aromatic rings. The molecule has 5 nitrogen and oxygen atoms in total. The van der Waals surface area contributed by atoms with Crippen LogP contribution in [-0.4, -0.2) is 19.9 Å². The zero-order valence-electron chi connectivity index (χ0n) is 19.0. The molecule has 6 rings (SSSR count). The highest BCUT2D eigenvalue weighted by atomic mass is 16.5. The van der Waals surface area contributed by atoms with Gasteiger partial charge in [0.25, 0.3) is 0 Å². The smallest absolute Gasteiger partial charge is 0.130 e. The van der Waals surface area contributed by atoms with Gasteiger partial charge in [0.05, 0.1) is 17.1 Å². The van der Waals surface area contributed by atoms with Crippen LogP contribution < -0.4 is 4.74 Å². The molecule has 162 valence electrons. The summed E-state index contributed by atoms with van der Waals surface area (Å²) < 4.78 is 6.10. The predicted octanol–water partition coefficient (Wildman–Crippen LogP) is 6.37. The molecule has 3 heterocycles. The summed E-state index contributed by atoms with van der Waals surface area (Å²) in [6, 6.07) is 13.2. The molecule has 0 saturated carbocycles. The summed E-state index contributed by atoms with van der Waals surface area (Å²) in [6.45, 7) is 9.21. The number of aryl methyl sites for hydroxylation is 2. The van der Waals surface area contributed by atoms with Crippen LogP contribution >= 0.6 is 0 Å². The molecule has 2 aromatic heterocycles. The van der Waals surface area contributed by atoms with Gasteiger partial charge in [0.1, 0.15) is 24.0 Å². The first-order valence-electron chi connectivity index (χ1n) is 11.6.